The van der Waals surface area contributed by atoms with Gasteiger partial charge in [-0.05, 0) is 58.6 Å². The molecule has 0 aromatic heterocycles. The summed E-state index contributed by atoms with van der Waals surface area (Å²) in [6.45, 7) is 3.84. The molecule has 0 saturated carbocycles. The lowest BCUT2D eigenvalue weighted by molar-refractivity contribution is -0.115. The molecule has 2 aromatic carbocycles. The van der Waals surface area contributed by atoms with Gasteiger partial charge < -0.3 is 5.32 Å². The average molecular weight is 354 g/mol. The highest BCUT2D eigenvalue weighted by Gasteiger charge is 2.12. The molecule has 0 fully saturated rings. The van der Waals surface area contributed by atoms with Crippen LogP contribution in [0, 0.1) is 25.5 Å². The van der Waals surface area contributed by atoms with Crippen molar-refractivity contribution >= 4 is 27.5 Å². The molecule has 1 N–H and O–H groups in total. The van der Waals surface area contributed by atoms with Gasteiger partial charge in [0.05, 0.1) is 12.1 Å². The molecule has 0 bridgehead atoms. The number of hydrogen-bond acceptors (Lipinski definition) is 1. The average Bonchev–Trinajstić information content (AvgIpc) is 2.37. The summed E-state index contributed by atoms with van der Waals surface area (Å²) in [6, 6.07) is 7.02. The van der Waals surface area contributed by atoms with E-state index >= 15 is 0 Å². The first-order chi connectivity index (χ1) is 9.86. The first-order valence-corrected chi connectivity index (χ1v) is 7.16. The van der Waals surface area contributed by atoms with Crippen molar-refractivity contribution in [3.05, 3.63) is 63.1 Å². The number of amides is 1. The van der Waals surface area contributed by atoms with Crippen molar-refractivity contribution in [3.63, 3.8) is 0 Å². The lowest BCUT2D eigenvalue weighted by atomic mass is 10.1. The van der Waals surface area contributed by atoms with E-state index in [-0.39, 0.29) is 17.9 Å². The summed E-state index contributed by atoms with van der Waals surface area (Å²) in [6.07, 6.45) is -0.147. The zero-order chi connectivity index (χ0) is 15.6. The summed E-state index contributed by atoms with van der Waals surface area (Å²) < 4.78 is 27.1. The third-order valence-corrected chi connectivity index (χ3v) is 3.69. The molecular formula is C16H14BrF2NO. The molecule has 0 spiro atoms. The van der Waals surface area contributed by atoms with Gasteiger partial charge in [-0.2, -0.15) is 0 Å². The fourth-order valence-corrected chi connectivity index (χ4v) is 2.87. The van der Waals surface area contributed by atoms with Crippen LogP contribution in [-0.2, 0) is 11.2 Å². The van der Waals surface area contributed by atoms with Gasteiger partial charge in [0.2, 0.25) is 5.91 Å². The molecule has 5 heteroatoms. The van der Waals surface area contributed by atoms with Gasteiger partial charge in [-0.15, -0.1) is 0 Å². The molecular weight excluding hydrogens is 340 g/mol. The van der Waals surface area contributed by atoms with E-state index in [9.17, 15) is 13.6 Å². The largest absolute Gasteiger partial charge is 0.325 e. The number of hydrogen-bond donors (Lipinski definition) is 1. The van der Waals surface area contributed by atoms with Crippen LogP contribution in [0.5, 0.6) is 0 Å². The normalized spacial score (nSPS) is 10.5. The Morgan fingerprint density at radius 3 is 2.52 bits per heavy atom. The zero-order valence-corrected chi connectivity index (χ0v) is 13.2. The molecule has 0 radical (unpaired) electrons. The molecule has 0 saturated heterocycles. The molecule has 0 aliphatic heterocycles. The maximum absolute atomic E-state index is 13.5. The summed E-state index contributed by atoms with van der Waals surface area (Å²) in [4.78, 5) is 12.0. The maximum atomic E-state index is 13.5. The Bertz CT molecular complexity index is 678. The van der Waals surface area contributed by atoms with Gasteiger partial charge in [0.25, 0.3) is 0 Å². The van der Waals surface area contributed by atoms with E-state index < -0.39 is 11.6 Å². The Morgan fingerprint density at radius 1 is 1.19 bits per heavy atom. The van der Waals surface area contributed by atoms with Crippen LogP contribution in [0.2, 0.25) is 0 Å². The first kappa shape index (κ1) is 15.6. The second kappa shape index (κ2) is 6.35. The van der Waals surface area contributed by atoms with Gasteiger partial charge in [0.15, 0.2) is 0 Å². The van der Waals surface area contributed by atoms with E-state index in [0.717, 1.165) is 27.7 Å². The van der Waals surface area contributed by atoms with Crippen LogP contribution in [0.4, 0.5) is 14.5 Å². The number of aryl methyl sites for hydroxylation is 2. The molecule has 0 unspecified atom stereocenters. The number of nitrogens with one attached hydrogen (secondary N) is 1. The number of carbonyl (C=O) groups is 1. The van der Waals surface area contributed by atoms with Crippen molar-refractivity contribution < 1.29 is 13.6 Å². The molecule has 0 heterocycles. The Hall–Kier alpha value is -1.75. The quantitative estimate of drug-likeness (QED) is 0.863. The van der Waals surface area contributed by atoms with Crippen LogP contribution in [-0.4, -0.2) is 5.91 Å². The first-order valence-electron chi connectivity index (χ1n) is 6.37. The molecule has 2 rings (SSSR count). The van der Waals surface area contributed by atoms with Gasteiger partial charge in [-0.1, -0.05) is 12.1 Å². The van der Waals surface area contributed by atoms with E-state index in [0.29, 0.717) is 5.69 Å². The van der Waals surface area contributed by atoms with Gasteiger partial charge in [-0.3, -0.25) is 4.79 Å². The van der Waals surface area contributed by atoms with Crippen LogP contribution in [0.15, 0.2) is 34.8 Å². The molecule has 2 aromatic rings. The van der Waals surface area contributed by atoms with Crippen LogP contribution in [0.1, 0.15) is 16.7 Å². The van der Waals surface area contributed by atoms with Gasteiger partial charge >= 0.3 is 0 Å². The summed E-state index contributed by atoms with van der Waals surface area (Å²) in [5.41, 5.74) is 2.81. The van der Waals surface area contributed by atoms with Crippen LogP contribution in [0.25, 0.3) is 0 Å². The van der Waals surface area contributed by atoms with Crippen molar-refractivity contribution in [2.24, 2.45) is 0 Å². The Balaban J connectivity index is 2.16. The molecule has 2 nitrogen and oxygen atoms in total. The second-order valence-electron chi connectivity index (χ2n) is 4.90. The Labute approximate surface area is 130 Å². The van der Waals surface area contributed by atoms with Crippen LogP contribution < -0.4 is 5.32 Å². The minimum atomic E-state index is -0.718. The minimum Gasteiger partial charge on any atom is -0.325 e. The molecule has 21 heavy (non-hydrogen) atoms. The summed E-state index contributed by atoms with van der Waals surface area (Å²) in [5.74, 6) is -1.73. The molecule has 0 aliphatic rings. The topological polar surface area (TPSA) is 29.1 Å². The summed E-state index contributed by atoms with van der Waals surface area (Å²) in [7, 11) is 0. The fourth-order valence-electron chi connectivity index (χ4n) is 2.10. The lowest BCUT2D eigenvalue weighted by Gasteiger charge is -2.12. The number of anilines is 1. The molecule has 0 aliphatic carbocycles. The van der Waals surface area contributed by atoms with E-state index in [1.807, 2.05) is 26.0 Å². The minimum absolute atomic E-state index is 0.147. The number of rotatable bonds is 3. The Morgan fingerprint density at radius 2 is 1.90 bits per heavy atom. The lowest BCUT2D eigenvalue weighted by Crippen LogP contribution is -2.16. The third kappa shape index (κ3) is 3.88. The monoisotopic (exact) mass is 353 g/mol. The van der Waals surface area contributed by atoms with Gasteiger partial charge in [-0.25, -0.2) is 8.78 Å². The van der Waals surface area contributed by atoms with Gasteiger partial charge in [0.1, 0.15) is 11.6 Å². The molecule has 0 atom stereocenters. The summed E-state index contributed by atoms with van der Waals surface area (Å²) >= 11 is 3.40. The maximum Gasteiger partial charge on any atom is 0.228 e. The highest BCUT2D eigenvalue weighted by Crippen LogP contribution is 2.28. The van der Waals surface area contributed by atoms with Crippen molar-refractivity contribution in [1.82, 2.24) is 0 Å². The predicted molar refractivity (Wildman–Crippen MR) is 82.3 cm³/mol. The van der Waals surface area contributed by atoms with Crippen molar-refractivity contribution in [2.45, 2.75) is 20.3 Å². The number of carbonyl (C=O) groups excluding carboxylic acids is 1. The van der Waals surface area contributed by atoms with E-state index in [1.165, 1.54) is 6.07 Å². The SMILES string of the molecule is Cc1cc(C)c(NC(=O)Cc2ccc(F)cc2F)c(Br)c1. The van der Waals surface area contributed by atoms with Crippen molar-refractivity contribution in [1.29, 1.82) is 0 Å². The number of halogens is 3. The zero-order valence-electron chi connectivity index (χ0n) is 11.6. The smallest absolute Gasteiger partial charge is 0.228 e. The fraction of sp³-hybridized carbons (Fsp3) is 0.188. The number of benzene rings is 2. The van der Waals surface area contributed by atoms with E-state index in [2.05, 4.69) is 21.2 Å². The van der Waals surface area contributed by atoms with E-state index in [1.54, 1.807) is 0 Å². The van der Waals surface area contributed by atoms with E-state index in [4.69, 9.17) is 0 Å². The Kier molecular flexibility index (Phi) is 4.73. The predicted octanol–water partition coefficient (Wildman–Crippen LogP) is 4.53. The highest BCUT2D eigenvalue weighted by atomic mass is 79.9. The van der Waals surface area contributed by atoms with Crippen LogP contribution >= 0.6 is 15.9 Å². The summed E-state index contributed by atoms with van der Waals surface area (Å²) in [5, 5.41) is 2.75. The van der Waals surface area contributed by atoms with Crippen LogP contribution in [0.3, 0.4) is 0 Å². The molecule has 1 amide bonds. The third-order valence-electron chi connectivity index (χ3n) is 3.06. The highest BCUT2D eigenvalue weighted by molar-refractivity contribution is 9.10. The second-order valence-corrected chi connectivity index (χ2v) is 5.75. The standard InChI is InChI=1S/C16H14BrF2NO/c1-9-5-10(2)16(13(17)6-9)20-15(21)7-11-3-4-12(18)8-14(11)19/h3-6,8H,7H2,1-2H3,(H,20,21). The van der Waals surface area contributed by atoms with Crippen molar-refractivity contribution in [2.75, 3.05) is 5.32 Å². The van der Waals surface area contributed by atoms with Gasteiger partial charge in [0, 0.05) is 10.5 Å². The molecule has 110 valence electrons. The van der Waals surface area contributed by atoms with Crippen molar-refractivity contribution in [3.8, 4) is 0 Å².